The third kappa shape index (κ3) is 5.37. The van der Waals surface area contributed by atoms with E-state index in [0.29, 0.717) is 29.0 Å². The Balaban J connectivity index is 1.08. The highest BCUT2D eigenvalue weighted by Crippen LogP contribution is 2.61. The molecule has 8 heteroatoms. The number of carbonyl (C=O) groups is 2. The van der Waals surface area contributed by atoms with E-state index in [4.69, 9.17) is 21.7 Å². The van der Waals surface area contributed by atoms with Gasteiger partial charge in [-0.1, -0.05) is 11.6 Å². The summed E-state index contributed by atoms with van der Waals surface area (Å²) in [6.07, 6.45) is 10.4. The van der Waals surface area contributed by atoms with Crippen LogP contribution in [0, 0.1) is 23.2 Å². The lowest BCUT2D eigenvalue weighted by molar-refractivity contribution is -0.137. The van der Waals surface area contributed by atoms with Gasteiger partial charge < -0.3 is 15.3 Å². The highest BCUT2D eigenvalue weighted by Gasteiger charge is 2.50. The summed E-state index contributed by atoms with van der Waals surface area (Å²) in [5.41, 5.74) is 1.75. The van der Waals surface area contributed by atoms with Crippen LogP contribution in [0.5, 0.6) is 0 Å². The minimum atomic E-state index is -0.736. The molecule has 1 saturated heterocycles. The first-order valence-corrected chi connectivity index (χ1v) is 14.8. The Hall–Kier alpha value is -2.38. The lowest BCUT2D eigenvalue weighted by Crippen LogP contribution is -2.47. The van der Waals surface area contributed by atoms with Crippen LogP contribution in [0.2, 0.25) is 5.02 Å². The van der Waals surface area contributed by atoms with Crippen molar-refractivity contribution in [1.82, 2.24) is 15.2 Å². The Bertz CT molecular complexity index is 1170. The van der Waals surface area contributed by atoms with Gasteiger partial charge >= 0.3 is 5.97 Å². The monoisotopic (exact) mass is 538 g/mol. The fourth-order valence-corrected chi connectivity index (χ4v) is 8.60. The van der Waals surface area contributed by atoms with E-state index < -0.39 is 5.97 Å². The molecule has 1 amide bonds. The molecule has 4 saturated carbocycles. The van der Waals surface area contributed by atoms with Crippen molar-refractivity contribution in [3.05, 3.63) is 34.9 Å². The van der Waals surface area contributed by atoms with Gasteiger partial charge in [0.05, 0.1) is 16.1 Å². The molecular formula is C30H39ClN4O3. The molecule has 38 heavy (non-hydrogen) atoms. The average Bonchev–Trinajstić information content (AvgIpc) is 2.87. The number of pyridine rings is 1. The van der Waals surface area contributed by atoms with E-state index >= 15 is 0 Å². The summed E-state index contributed by atoms with van der Waals surface area (Å²) in [4.78, 5) is 33.6. The highest BCUT2D eigenvalue weighted by atomic mass is 35.5. The van der Waals surface area contributed by atoms with Gasteiger partial charge in [-0.05, 0) is 105 Å². The van der Waals surface area contributed by atoms with Gasteiger partial charge in [0.1, 0.15) is 5.82 Å². The first-order chi connectivity index (χ1) is 18.4. The summed E-state index contributed by atoms with van der Waals surface area (Å²) in [6, 6.07) is 7.66. The summed E-state index contributed by atoms with van der Waals surface area (Å²) >= 11 is 6.56. The summed E-state index contributed by atoms with van der Waals surface area (Å²) in [7, 11) is 0. The number of fused-ring (bicyclic) bond motifs is 1. The van der Waals surface area contributed by atoms with Gasteiger partial charge in [-0.2, -0.15) is 0 Å². The van der Waals surface area contributed by atoms with Gasteiger partial charge in [-0.15, -0.1) is 0 Å². The van der Waals surface area contributed by atoms with Crippen molar-refractivity contribution < 1.29 is 14.7 Å². The number of hydrogen-bond acceptors (Lipinski definition) is 5. The molecule has 2 aromatic rings. The molecule has 1 aromatic heterocycles. The molecular weight excluding hydrogens is 500 g/mol. The van der Waals surface area contributed by atoms with Gasteiger partial charge in [-0.3, -0.25) is 14.5 Å². The van der Waals surface area contributed by atoms with Crippen LogP contribution >= 0.6 is 11.6 Å². The Morgan fingerprint density at radius 1 is 1.00 bits per heavy atom. The fourth-order valence-electron chi connectivity index (χ4n) is 8.35. The molecule has 0 spiro atoms. The van der Waals surface area contributed by atoms with Gasteiger partial charge in [-0.25, -0.2) is 4.98 Å². The predicted molar refractivity (Wildman–Crippen MR) is 150 cm³/mol. The first-order valence-electron chi connectivity index (χ1n) is 14.4. The largest absolute Gasteiger partial charge is 0.481 e. The summed E-state index contributed by atoms with van der Waals surface area (Å²) in [6.45, 7) is 4.98. The van der Waals surface area contributed by atoms with Gasteiger partial charge in [0.2, 0.25) is 0 Å². The SMILES string of the molecule is O=C(O)CCCN1CCN(c2ccc3c(C(=O)NCCC45CC6CC(CC(C6)C4)C5)c(Cl)ccc3n2)CC1. The number of piperazine rings is 1. The van der Waals surface area contributed by atoms with Crippen molar-refractivity contribution in [2.45, 2.75) is 57.8 Å². The summed E-state index contributed by atoms with van der Waals surface area (Å²) in [5, 5.41) is 13.3. The van der Waals surface area contributed by atoms with E-state index in [-0.39, 0.29) is 12.3 Å². The number of carbonyl (C=O) groups excluding carboxylic acids is 1. The number of amides is 1. The number of rotatable bonds is 9. The Morgan fingerprint density at radius 3 is 2.34 bits per heavy atom. The Labute approximate surface area is 229 Å². The van der Waals surface area contributed by atoms with Crippen LogP contribution in [-0.4, -0.2) is 66.1 Å². The molecule has 5 fully saturated rings. The third-order valence-corrected chi connectivity index (χ3v) is 10.0. The quantitative estimate of drug-likeness (QED) is 0.456. The zero-order chi connectivity index (χ0) is 26.3. The molecule has 1 aromatic carbocycles. The van der Waals surface area contributed by atoms with E-state index in [2.05, 4.69) is 15.1 Å². The van der Waals surface area contributed by atoms with Crippen LogP contribution in [-0.2, 0) is 4.79 Å². The average molecular weight is 539 g/mol. The van der Waals surface area contributed by atoms with E-state index in [1.807, 2.05) is 18.2 Å². The number of carboxylic acids is 1. The number of hydrogen-bond donors (Lipinski definition) is 2. The zero-order valence-corrected chi connectivity index (χ0v) is 22.9. The van der Waals surface area contributed by atoms with Gasteiger partial charge in [0, 0.05) is 44.5 Å². The molecule has 2 N–H and O–H groups in total. The smallest absolute Gasteiger partial charge is 0.303 e. The van der Waals surface area contributed by atoms with Crippen molar-refractivity contribution in [2.75, 3.05) is 44.2 Å². The lowest BCUT2D eigenvalue weighted by atomic mass is 9.49. The van der Waals surface area contributed by atoms with Crippen LogP contribution in [0.25, 0.3) is 10.9 Å². The van der Waals surface area contributed by atoms with Crippen LogP contribution in [0.15, 0.2) is 24.3 Å². The molecule has 4 aliphatic carbocycles. The Kier molecular flexibility index (Phi) is 7.25. The number of aromatic nitrogens is 1. The van der Waals surface area contributed by atoms with Crippen molar-refractivity contribution >= 4 is 40.2 Å². The topological polar surface area (TPSA) is 85.8 Å². The number of halogens is 1. The molecule has 0 atom stereocenters. The minimum absolute atomic E-state index is 0.102. The summed E-state index contributed by atoms with van der Waals surface area (Å²) in [5.74, 6) is 2.83. The number of carboxylic acid groups (broad SMARTS) is 1. The maximum absolute atomic E-state index is 13.3. The van der Waals surface area contributed by atoms with Crippen molar-refractivity contribution in [2.24, 2.45) is 23.2 Å². The van der Waals surface area contributed by atoms with Crippen molar-refractivity contribution in [3.8, 4) is 0 Å². The minimum Gasteiger partial charge on any atom is -0.481 e. The van der Waals surface area contributed by atoms with Crippen LogP contribution in [0.3, 0.4) is 0 Å². The van der Waals surface area contributed by atoms with E-state index in [1.165, 1.54) is 38.5 Å². The number of anilines is 1. The molecule has 7 rings (SSSR count). The molecule has 2 heterocycles. The second kappa shape index (κ2) is 10.6. The first kappa shape index (κ1) is 25.9. The molecule has 7 nitrogen and oxygen atoms in total. The highest BCUT2D eigenvalue weighted by molar-refractivity contribution is 6.35. The molecule has 0 radical (unpaired) electrons. The maximum atomic E-state index is 13.3. The standard InChI is InChI=1S/C30H39ClN4O3/c31-24-4-5-25-23(3-6-26(33-25)35-12-10-34(11-13-35)9-1-2-27(36)37)28(24)29(38)32-8-7-30-17-20-14-21(18-30)16-22(15-20)19-30/h3-6,20-22H,1-2,7-19H2,(H,32,38)(H,36,37). The number of benzene rings is 1. The second-order valence-electron chi connectivity index (χ2n) is 12.4. The van der Waals surface area contributed by atoms with Crippen LogP contribution < -0.4 is 10.2 Å². The lowest BCUT2D eigenvalue weighted by Gasteiger charge is -2.57. The molecule has 1 aliphatic heterocycles. The van der Waals surface area contributed by atoms with E-state index in [1.54, 1.807) is 6.07 Å². The van der Waals surface area contributed by atoms with Crippen molar-refractivity contribution in [3.63, 3.8) is 0 Å². The van der Waals surface area contributed by atoms with Gasteiger partial charge in [0.15, 0.2) is 0 Å². The molecule has 204 valence electrons. The molecule has 5 aliphatic rings. The van der Waals surface area contributed by atoms with Crippen LogP contribution in [0.4, 0.5) is 5.82 Å². The Morgan fingerprint density at radius 2 is 1.68 bits per heavy atom. The van der Waals surface area contributed by atoms with Gasteiger partial charge in [0.25, 0.3) is 5.91 Å². The predicted octanol–water partition coefficient (Wildman–Crippen LogP) is 5.21. The second-order valence-corrected chi connectivity index (χ2v) is 12.8. The number of nitrogens with one attached hydrogen (secondary N) is 1. The number of aliphatic carboxylic acids is 1. The normalized spacial score (nSPS) is 28.7. The maximum Gasteiger partial charge on any atom is 0.303 e. The zero-order valence-electron chi connectivity index (χ0n) is 22.1. The van der Waals surface area contributed by atoms with Crippen LogP contribution in [0.1, 0.15) is 68.1 Å². The fraction of sp³-hybridized carbons (Fsp3) is 0.633. The summed E-state index contributed by atoms with van der Waals surface area (Å²) < 4.78 is 0. The molecule has 0 unspecified atom stereocenters. The molecule has 4 bridgehead atoms. The third-order valence-electron chi connectivity index (χ3n) is 9.70. The van der Waals surface area contributed by atoms with E-state index in [9.17, 15) is 9.59 Å². The van der Waals surface area contributed by atoms with Crippen molar-refractivity contribution in [1.29, 1.82) is 0 Å². The number of nitrogens with zero attached hydrogens (tertiary/aromatic N) is 3. The van der Waals surface area contributed by atoms with E-state index in [0.717, 1.165) is 73.6 Å².